The molecule has 1 aliphatic rings. The molecule has 25 heavy (non-hydrogen) atoms. The van der Waals surface area contributed by atoms with E-state index in [-0.39, 0.29) is 28.4 Å². The minimum absolute atomic E-state index is 0.00461. The van der Waals surface area contributed by atoms with Crippen LogP contribution < -0.4 is 5.32 Å². The number of sulfone groups is 1. The fraction of sp³-hybridized carbons (Fsp3) is 0.429. The third-order valence-corrected chi connectivity index (χ3v) is 7.09. The molecule has 0 unspecified atom stereocenters. The van der Waals surface area contributed by atoms with Crippen LogP contribution >= 0.6 is 23.1 Å². The van der Waals surface area contributed by atoms with Gasteiger partial charge in [-0.1, -0.05) is 17.8 Å². The van der Waals surface area contributed by atoms with Crippen LogP contribution in [0.15, 0.2) is 27.2 Å². The van der Waals surface area contributed by atoms with Gasteiger partial charge in [-0.2, -0.15) is 0 Å². The van der Waals surface area contributed by atoms with Gasteiger partial charge in [0.1, 0.15) is 0 Å². The van der Waals surface area contributed by atoms with E-state index in [0.717, 1.165) is 11.8 Å². The zero-order valence-electron chi connectivity index (χ0n) is 13.0. The van der Waals surface area contributed by atoms with Crippen molar-refractivity contribution in [3.63, 3.8) is 0 Å². The van der Waals surface area contributed by atoms with Gasteiger partial charge in [0, 0.05) is 6.42 Å². The minimum Gasteiger partial charge on any atom is -0.416 e. The molecule has 0 aliphatic carbocycles. The van der Waals surface area contributed by atoms with Crippen LogP contribution in [0.2, 0.25) is 0 Å². The average molecular weight is 401 g/mol. The number of hydrogen-bond acceptors (Lipinski definition) is 9. The van der Waals surface area contributed by atoms with Crippen LogP contribution in [-0.4, -0.2) is 47.7 Å². The normalized spacial score (nSPS) is 19.0. The zero-order valence-corrected chi connectivity index (χ0v) is 15.5. The van der Waals surface area contributed by atoms with Crippen LogP contribution in [0.25, 0.3) is 0 Å². The summed E-state index contributed by atoms with van der Waals surface area (Å²) >= 11 is 2.28. The number of carbonyl (C=O) groups is 2. The molecule has 11 heteroatoms. The Balaban J connectivity index is 1.45. The molecule has 8 nitrogen and oxygen atoms in total. The quantitative estimate of drug-likeness (QED) is 0.716. The highest BCUT2D eigenvalue weighted by atomic mass is 32.2. The molecule has 3 heterocycles. The van der Waals surface area contributed by atoms with E-state index in [1.54, 1.807) is 17.5 Å². The molecule has 2 amide bonds. The lowest BCUT2D eigenvalue weighted by Gasteiger charge is -2.02. The Bertz CT molecular complexity index is 860. The highest BCUT2D eigenvalue weighted by Crippen LogP contribution is 2.24. The predicted molar refractivity (Wildman–Crippen MR) is 92.3 cm³/mol. The Morgan fingerprint density at radius 3 is 2.92 bits per heavy atom. The molecule has 0 aromatic carbocycles. The number of nitrogens with one attached hydrogen (secondary N) is 1. The molecule has 1 N–H and O–H groups in total. The maximum atomic E-state index is 11.8. The van der Waals surface area contributed by atoms with Crippen molar-refractivity contribution in [3.05, 3.63) is 28.3 Å². The Morgan fingerprint density at radius 2 is 2.24 bits per heavy atom. The summed E-state index contributed by atoms with van der Waals surface area (Å²) in [6.45, 7) is 0. The first-order valence-corrected chi connectivity index (χ1v) is 11.1. The van der Waals surface area contributed by atoms with Crippen molar-refractivity contribution < 1.29 is 22.4 Å². The third-order valence-electron chi connectivity index (χ3n) is 3.56. The lowest BCUT2D eigenvalue weighted by atomic mass is 10.1. The summed E-state index contributed by atoms with van der Waals surface area (Å²) in [6.07, 6.45) is 1.01. The second-order valence-electron chi connectivity index (χ2n) is 5.58. The van der Waals surface area contributed by atoms with Crippen LogP contribution in [0.3, 0.4) is 0 Å². The molecule has 1 aliphatic heterocycles. The first kappa shape index (κ1) is 18.1. The molecule has 0 spiro atoms. The van der Waals surface area contributed by atoms with Gasteiger partial charge in [0.25, 0.3) is 11.1 Å². The molecule has 1 atom stereocenters. The molecule has 134 valence electrons. The van der Waals surface area contributed by atoms with Crippen molar-refractivity contribution in [1.29, 1.82) is 0 Å². The smallest absolute Gasteiger partial charge is 0.277 e. The van der Waals surface area contributed by atoms with Crippen LogP contribution in [0.5, 0.6) is 0 Å². The van der Waals surface area contributed by atoms with Gasteiger partial charge in [-0.3, -0.25) is 14.9 Å². The molecular formula is C14H15N3O5S3. The Labute approximate surface area is 152 Å². The molecule has 3 rings (SSSR count). The van der Waals surface area contributed by atoms with Gasteiger partial charge in [0.15, 0.2) is 9.84 Å². The third kappa shape index (κ3) is 5.13. The number of amides is 2. The van der Waals surface area contributed by atoms with Crippen LogP contribution in [-0.2, 0) is 21.1 Å². The number of aromatic nitrogens is 2. The lowest BCUT2D eigenvalue weighted by Crippen LogP contribution is -2.31. The number of thiophene rings is 1. The van der Waals surface area contributed by atoms with E-state index < -0.39 is 21.7 Å². The summed E-state index contributed by atoms with van der Waals surface area (Å²) in [5.74, 6) is -0.220. The van der Waals surface area contributed by atoms with Gasteiger partial charge in [-0.15, -0.1) is 21.5 Å². The van der Waals surface area contributed by atoms with E-state index in [9.17, 15) is 18.0 Å². The second-order valence-corrected chi connectivity index (χ2v) is 9.68. The average Bonchev–Trinajstić information content (AvgIpc) is 3.27. The monoisotopic (exact) mass is 401 g/mol. The van der Waals surface area contributed by atoms with E-state index in [4.69, 9.17) is 4.42 Å². The fourth-order valence-electron chi connectivity index (χ4n) is 2.42. The molecule has 2 aromatic rings. The van der Waals surface area contributed by atoms with Crippen LogP contribution in [0.1, 0.15) is 22.0 Å². The summed E-state index contributed by atoms with van der Waals surface area (Å²) in [4.78, 5) is 24.0. The number of imide groups is 1. The van der Waals surface area contributed by atoms with Gasteiger partial charge in [0.2, 0.25) is 11.8 Å². The first-order chi connectivity index (χ1) is 11.9. The maximum Gasteiger partial charge on any atom is 0.277 e. The summed E-state index contributed by atoms with van der Waals surface area (Å²) < 4.78 is 28.3. The van der Waals surface area contributed by atoms with E-state index in [0.29, 0.717) is 23.6 Å². The van der Waals surface area contributed by atoms with E-state index in [1.807, 2.05) is 0 Å². The van der Waals surface area contributed by atoms with Gasteiger partial charge < -0.3 is 4.42 Å². The predicted octanol–water partition coefficient (Wildman–Crippen LogP) is 1.16. The molecular weight excluding hydrogens is 386 g/mol. The van der Waals surface area contributed by atoms with Gasteiger partial charge in [-0.05, 0) is 23.8 Å². The Kier molecular flexibility index (Phi) is 5.54. The Hall–Kier alpha value is -1.72. The minimum atomic E-state index is -2.94. The van der Waals surface area contributed by atoms with Gasteiger partial charge in [-0.25, -0.2) is 8.42 Å². The molecule has 2 aromatic heterocycles. The summed E-state index contributed by atoms with van der Waals surface area (Å²) in [7, 11) is -2.94. The van der Waals surface area contributed by atoms with Crippen molar-refractivity contribution in [2.45, 2.75) is 18.1 Å². The standard InChI is InChI=1S/C14H15N3O5S3/c18-11(15-13(19)10-2-1-4-23-10)7-24-14-17-16-12(22-14)6-9-3-5-25(20,21)8-9/h1-2,4,9H,3,5-8H2,(H,15,18,19)/t9-/m0/s1. The second kappa shape index (κ2) is 7.67. The van der Waals surface area contributed by atoms with Crippen molar-refractivity contribution in [3.8, 4) is 0 Å². The van der Waals surface area contributed by atoms with Crippen molar-refractivity contribution in [2.24, 2.45) is 5.92 Å². The van der Waals surface area contributed by atoms with Gasteiger partial charge in [0.05, 0.1) is 22.1 Å². The van der Waals surface area contributed by atoms with Gasteiger partial charge >= 0.3 is 0 Å². The van der Waals surface area contributed by atoms with E-state index in [2.05, 4.69) is 15.5 Å². The molecule has 0 bridgehead atoms. The molecule has 0 saturated carbocycles. The number of hydrogen-bond donors (Lipinski definition) is 1. The number of thioether (sulfide) groups is 1. The number of rotatable bonds is 6. The largest absolute Gasteiger partial charge is 0.416 e. The van der Waals surface area contributed by atoms with Crippen molar-refractivity contribution >= 4 is 44.8 Å². The molecule has 1 saturated heterocycles. The summed E-state index contributed by atoms with van der Waals surface area (Å²) in [5, 5.41) is 12.0. The Morgan fingerprint density at radius 1 is 1.40 bits per heavy atom. The molecule has 0 radical (unpaired) electrons. The number of carbonyl (C=O) groups excluding carboxylic acids is 2. The zero-order chi connectivity index (χ0) is 17.9. The topological polar surface area (TPSA) is 119 Å². The number of nitrogens with zero attached hydrogens (tertiary/aromatic N) is 2. The molecule has 1 fully saturated rings. The summed E-state index contributed by atoms with van der Waals surface area (Å²) in [6, 6.07) is 3.36. The summed E-state index contributed by atoms with van der Waals surface area (Å²) in [5.41, 5.74) is 0. The first-order valence-electron chi connectivity index (χ1n) is 7.44. The van der Waals surface area contributed by atoms with Crippen LogP contribution in [0, 0.1) is 5.92 Å². The van der Waals surface area contributed by atoms with E-state index >= 15 is 0 Å². The van der Waals surface area contributed by atoms with Crippen molar-refractivity contribution in [1.82, 2.24) is 15.5 Å². The van der Waals surface area contributed by atoms with Crippen molar-refractivity contribution in [2.75, 3.05) is 17.3 Å². The fourth-order valence-corrected chi connectivity index (χ4v) is 5.48. The van der Waals surface area contributed by atoms with Crippen LogP contribution in [0.4, 0.5) is 0 Å². The highest BCUT2D eigenvalue weighted by molar-refractivity contribution is 7.99. The lowest BCUT2D eigenvalue weighted by molar-refractivity contribution is -0.117. The SMILES string of the molecule is O=C(CSc1nnc(C[C@@H]2CCS(=O)(=O)C2)o1)NC(=O)c1cccs1. The highest BCUT2D eigenvalue weighted by Gasteiger charge is 2.29. The maximum absolute atomic E-state index is 11.8. The van der Waals surface area contributed by atoms with E-state index in [1.165, 1.54) is 11.3 Å².